The van der Waals surface area contributed by atoms with Crippen LogP contribution in [0.15, 0.2) is 0 Å². The molecule has 0 aliphatic rings. The Balaban J connectivity index is 4.15. The van der Waals surface area contributed by atoms with Crippen LogP contribution >= 0.6 is 25.3 Å². The van der Waals surface area contributed by atoms with Crippen molar-refractivity contribution < 1.29 is 58.7 Å². The van der Waals surface area contributed by atoms with Gasteiger partial charge in [0.2, 0.25) is 0 Å². The van der Waals surface area contributed by atoms with E-state index in [2.05, 4.69) is 25.3 Å². The van der Waals surface area contributed by atoms with Crippen LogP contribution in [0.25, 0.3) is 0 Å². The summed E-state index contributed by atoms with van der Waals surface area (Å²) in [4.78, 5) is 72.6. The average Bonchev–Trinajstić information content (AvgIpc) is 2.71. The summed E-state index contributed by atoms with van der Waals surface area (Å²) >= 11 is 7.80. The summed E-state index contributed by atoms with van der Waals surface area (Å²) in [7, 11) is 0. The lowest BCUT2D eigenvalue weighted by Crippen LogP contribution is -2.29. The Labute approximate surface area is 190 Å². The van der Waals surface area contributed by atoms with Gasteiger partial charge in [-0.15, -0.1) is 0 Å². The van der Waals surface area contributed by atoms with Gasteiger partial charge in [-0.3, -0.25) is 0 Å². The normalized spacial score (nSPS) is 10.3. The third kappa shape index (κ3) is 5.91. The van der Waals surface area contributed by atoms with Crippen LogP contribution in [0.1, 0.15) is 75.0 Å². The number of carboxylic acid groups (broad SMARTS) is 4. The van der Waals surface area contributed by atoms with Crippen LogP contribution in [0.3, 0.4) is 0 Å². The SMILES string of the molecule is O=C(O)c1c(C(=O)O)c(C(=O)O)c(C(=O)OCCCS)c(C(=O)OCCCS)c1C(=O)O. The molecule has 0 saturated carbocycles. The molecule has 4 N–H and O–H groups in total. The molecule has 0 fully saturated rings. The quantitative estimate of drug-likeness (QED) is 0.140. The van der Waals surface area contributed by atoms with Crippen molar-refractivity contribution in [3.8, 4) is 0 Å². The molecule has 1 rings (SSSR count). The monoisotopic (exact) mass is 490 g/mol. The number of carboxylic acids is 4. The van der Waals surface area contributed by atoms with E-state index in [1.54, 1.807) is 0 Å². The maximum absolute atomic E-state index is 12.7. The first kappa shape index (κ1) is 26.8. The van der Waals surface area contributed by atoms with Crippen LogP contribution < -0.4 is 0 Å². The van der Waals surface area contributed by atoms with Crippen molar-refractivity contribution in [2.24, 2.45) is 0 Å². The van der Waals surface area contributed by atoms with Crippen LogP contribution in [0.4, 0.5) is 0 Å². The molecule has 0 aromatic heterocycles. The van der Waals surface area contributed by atoms with Gasteiger partial charge in [0.05, 0.1) is 46.6 Å². The summed E-state index contributed by atoms with van der Waals surface area (Å²) in [5.74, 6) is -11.1. The molecule has 0 bridgehead atoms. The number of carbonyl (C=O) groups is 6. The zero-order valence-electron chi connectivity index (χ0n) is 16.2. The molecule has 0 saturated heterocycles. The van der Waals surface area contributed by atoms with Gasteiger partial charge in [-0.2, -0.15) is 25.3 Å². The van der Waals surface area contributed by atoms with Crippen LogP contribution in [0, 0.1) is 0 Å². The van der Waals surface area contributed by atoms with Crippen molar-refractivity contribution in [2.75, 3.05) is 24.7 Å². The highest BCUT2D eigenvalue weighted by molar-refractivity contribution is 7.80. The number of aromatic carboxylic acids is 4. The van der Waals surface area contributed by atoms with Crippen molar-refractivity contribution in [1.29, 1.82) is 0 Å². The first-order valence-corrected chi connectivity index (χ1v) is 10.0. The summed E-state index contributed by atoms with van der Waals surface area (Å²) in [5.41, 5.74) is -8.33. The Hall–Kier alpha value is -3.26. The Morgan fingerprint density at radius 2 is 0.781 bits per heavy atom. The van der Waals surface area contributed by atoms with E-state index in [9.17, 15) is 49.2 Å². The van der Waals surface area contributed by atoms with E-state index < -0.39 is 69.2 Å². The lowest BCUT2D eigenvalue weighted by atomic mass is 9.86. The van der Waals surface area contributed by atoms with E-state index in [0.29, 0.717) is 0 Å². The molecule has 0 amide bonds. The Morgan fingerprint density at radius 3 is 1.00 bits per heavy atom. The van der Waals surface area contributed by atoms with Crippen LogP contribution in [0.2, 0.25) is 0 Å². The van der Waals surface area contributed by atoms with Crippen molar-refractivity contribution in [3.05, 3.63) is 33.4 Å². The second-order valence-electron chi connectivity index (χ2n) is 5.90. The number of hydrogen-bond donors (Lipinski definition) is 6. The van der Waals surface area contributed by atoms with Crippen LogP contribution in [-0.2, 0) is 9.47 Å². The summed E-state index contributed by atoms with van der Waals surface area (Å²) in [6, 6.07) is 0. The van der Waals surface area contributed by atoms with Crippen molar-refractivity contribution >= 4 is 61.1 Å². The molecule has 0 aliphatic heterocycles. The van der Waals surface area contributed by atoms with Gasteiger partial charge in [0.25, 0.3) is 0 Å². The molecule has 1 aromatic carbocycles. The summed E-state index contributed by atoms with van der Waals surface area (Å²) < 4.78 is 9.68. The van der Waals surface area contributed by atoms with Gasteiger partial charge in [-0.1, -0.05) is 0 Å². The smallest absolute Gasteiger partial charge is 0.339 e. The number of hydrogen-bond acceptors (Lipinski definition) is 10. The molecule has 0 radical (unpaired) electrons. The number of esters is 2. The lowest BCUT2D eigenvalue weighted by molar-refractivity contribution is 0.0446. The van der Waals surface area contributed by atoms with Gasteiger partial charge in [0.1, 0.15) is 0 Å². The summed E-state index contributed by atoms with van der Waals surface area (Å²) in [6.07, 6.45) is 0.369. The number of carbonyl (C=O) groups excluding carboxylic acids is 2. The Kier molecular flexibility index (Phi) is 10.00. The minimum absolute atomic E-state index is 0.184. The number of thiol groups is 2. The zero-order chi connectivity index (χ0) is 24.6. The molecular formula is C18H18O12S2. The van der Waals surface area contributed by atoms with Crippen LogP contribution in [-0.4, -0.2) is 81.0 Å². The highest BCUT2D eigenvalue weighted by atomic mass is 32.1. The second-order valence-corrected chi connectivity index (χ2v) is 6.79. The summed E-state index contributed by atoms with van der Waals surface area (Å²) in [5, 5.41) is 38.1. The molecule has 1 aromatic rings. The van der Waals surface area contributed by atoms with E-state index in [0.717, 1.165) is 0 Å². The minimum atomic E-state index is -2.15. The molecule has 174 valence electrons. The molecule has 0 unspecified atom stereocenters. The zero-order valence-corrected chi connectivity index (χ0v) is 18.0. The molecule has 0 spiro atoms. The number of rotatable bonds is 12. The number of benzene rings is 1. The summed E-state index contributed by atoms with van der Waals surface area (Å²) in [6.45, 7) is -0.665. The standard InChI is InChI=1S/C18H18O12S2/c19-13(20)7-8(14(21)22)10(16(25)26)12(18(28)30-4-2-6-32)11(9(7)15(23)24)17(27)29-3-1-5-31/h31-32H,1-6H2,(H,19,20)(H,21,22)(H,23,24)(H,25,26). The van der Waals surface area contributed by atoms with Crippen molar-refractivity contribution in [1.82, 2.24) is 0 Å². The molecular weight excluding hydrogens is 472 g/mol. The predicted octanol–water partition coefficient (Wildman–Crippen LogP) is 1.43. The second kappa shape index (κ2) is 12.0. The fraction of sp³-hybridized carbons (Fsp3) is 0.333. The Morgan fingerprint density at radius 1 is 0.531 bits per heavy atom. The minimum Gasteiger partial charge on any atom is -0.478 e. The van der Waals surface area contributed by atoms with E-state index in [1.807, 2.05) is 0 Å². The van der Waals surface area contributed by atoms with E-state index in [1.165, 1.54) is 0 Å². The molecule has 14 heteroatoms. The van der Waals surface area contributed by atoms with Gasteiger partial charge in [0, 0.05) is 0 Å². The molecule has 0 atom stereocenters. The fourth-order valence-electron chi connectivity index (χ4n) is 2.62. The molecule has 0 aliphatic carbocycles. The lowest BCUT2D eigenvalue weighted by Gasteiger charge is -2.18. The third-order valence-electron chi connectivity index (χ3n) is 3.83. The predicted molar refractivity (Wildman–Crippen MR) is 112 cm³/mol. The Bertz CT molecular complexity index is 892. The van der Waals surface area contributed by atoms with Gasteiger partial charge in [-0.25, -0.2) is 28.8 Å². The van der Waals surface area contributed by atoms with Gasteiger partial charge >= 0.3 is 35.8 Å². The van der Waals surface area contributed by atoms with Crippen LogP contribution in [0.5, 0.6) is 0 Å². The van der Waals surface area contributed by atoms with E-state index >= 15 is 0 Å². The van der Waals surface area contributed by atoms with Crippen molar-refractivity contribution in [3.63, 3.8) is 0 Å². The van der Waals surface area contributed by atoms with Crippen molar-refractivity contribution in [2.45, 2.75) is 12.8 Å². The first-order valence-electron chi connectivity index (χ1n) is 8.74. The highest BCUT2D eigenvalue weighted by Gasteiger charge is 2.41. The molecule has 0 heterocycles. The highest BCUT2D eigenvalue weighted by Crippen LogP contribution is 2.31. The number of ether oxygens (including phenoxy) is 2. The first-order chi connectivity index (χ1) is 15.0. The average molecular weight is 490 g/mol. The van der Waals surface area contributed by atoms with Gasteiger partial charge < -0.3 is 29.9 Å². The van der Waals surface area contributed by atoms with E-state index in [4.69, 9.17) is 9.47 Å². The third-order valence-corrected chi connectivity index (χ3v) is 4.47. The topological polar surface area (TPSA) is 202 Å². The maximum Gasteiger partial charge on any atom is 0.339 e. The maximum atomic E-state index is 12.7. The van der Waals surface area contributed by atoms with Gasteiger partial charge in [0.15, 0.2) is 0 Å². The fourth-order valence-corrected chi connectivity index (χ4v) is 2.88. The molecule has 12 nitrogen and oxygen atoms in total. The van der Waals surface area contributed by atoms with E-state index in [-0.39, 0.29) is 37.6 Å². The van der Waals surface area contributed by atoms with Gasteiger partial charge in [-0.05, 0) is 24.3 Å². The molecule has 32 heavy (non-hydrogen) atoms. The largest absolute Gasteiger partial charge is 0.478 e.